The number of nitrogens with one attached hydrogen (secondary N) is 1. The fourth-order valence-corrected chi connectivity index (χ4v) is 4.24. The zero-order chi connectivity index (χ0) is 21.4. The van der Waals surface area contributed by atoms with Gasteiger partial charge in [-0.25, -0.2) is 15.0 Å². The largest absolute Gasteiger partial charge is 0.341 e. The summed E-state index contributed by atoms with van der Waals surface area (Å²) in [5.74, 6) is 1.65. The van der Waals surface area contributed by atoms with Crippen LogP contribution in [0.25, 0.3) is 22.4 Å². The van der Waals surface area contributed by atoms with E-state index in [1.807, 2.05) is 55.1 Å². The fraction of sp³-hybridized carbons (Fsp3) is 0.292. The van der Waals surface area contributed by atoms with Crippen LogP contribution in [0.4, 0.5) is 0 Å². The first-order chi connectivity index (χ1) is 15.1. The molecular formula is C24H24N6O. The molecule has 4 heterocycles. The highest BCUT2D eigenvalue weighted by Crippen LogP contribution is 2.29. The Morgan fingerprint density at radius 3 is 2.81 bits per heavy atom. The smallest absolute Gasteiger partial charge is 0.255 e. The minimum atomic E-state index is 0.0237. The molecule has 1 aliphatic heterocycles. The summed E-state index contributed by atoms with van der Waals surface area (Å²) < 4.78 is 0. The first-order valence-corrected chi connectivity index (χ1v) is 10.6. The van der Waals surface area contributed by atoms with Crippen LogP contribution in [-0.2, 0) is 0 Å². The lowest BCUT2D eigenvalue weighted by Crippen LogP contribution is -2.39. The van der Waals surface area contributed by atoms with Crippen molar-refractivity contribution >= 4 is 16.8 Å². The number of imidazole rings is 1. The Hall–Kier alpha value is -3.61. The molecule has 1 aliphatic rings. The summed E-state index contributed by atoms with van der Waals surface area (Å²) in [5.41, 5.74) is 4.27. The summed E-state index contributed by atoms with van der Waals surface area (Å²) in [6.45, 7) is 5.25. The first kappa shape index (κ1) is 19.4. The Labute approximate surface area is 180 Å². The molecule has 0 bridgehead atoms. The van der Waals surface area contributed by atoms with E-state index in [4.69, 9.17) is 4.98 Å². The van der Waals surface area contributed by atoms with Gasteiger partial charge in [0.15, 0.2) is 5.82 Å². The fourth-order valence-electron chi connectivity index (χ4n) is 4.24. The van der Waals surface area contributed by atoms with Crippen LogP contribution < -0.4 is 0 Å². The quantitative estimate of drug-likeness (QED) is 0.548. The second-order valence-corrected chi connectivity index (χ2v) is 8.15. The molecule has 7 heteroatoms. The van der Waals surface area contributed by atoms with E-state index in [9.17, 15) is 4.79 Å². The predicted octanol–water partition coefficient (Wildman–Crippen LogP) is 4.05. The van der Waals surface area contributed by atoms with Crippen LogP contribution in [0.5, 0.6) is 0 Å². The Morgan fingerprint density at radius 1 is 1.10 bits per heavy atom. The van der Waals surface area contributed by atoms with Crippen molar-refractivity contribution in [2.75, 3.05) is 13.1 Å². The number of carbonyl (C=O) groups is 1. The second kappa shape index (κ2) is 7.91. The van der Waals surface area contributed by atoms with Gasteiger partial charge in [0.05, 0.1) is 11.1 Å². The number of aromatic amines is 1. The lowest BCUT2D eigenvalue weighted by atomic mass is 9.93. The second-order valence-electron chi connectivity index (χ2n) is 8.15. The van der Waals surface area contributed by atoms with E-state index in [2.05, 4.69) is 19.9 Å². The number of nitrogens with zero attached hydrogens (tertiary/aromatic N) is 5. The lowest BCUT2D eigenvalue weighted by molar-refractivity contribution is 0.0705. The van der Waals surface area contributed by atoms with Crippen LogP contribution in [0.3, 0.4) is 0 Å². The van der Waals surface area contributed by atoms with Crippen LogP contribution >= 0.6 is 0 Å². The highest BCUT2D eigenvalue weighted by Gasteiger charge is 2.27. The van der Waals surface area contributed by atoms with Crippen LogP contribution in [0.2, 0.25) is 0 Å². The highest BCUT2D eigenvalue weighted by molar-refractivity contribution is 5.97. The number of para-hydroxylation sites is 1. The van der Waals surface area contributed by atoms with Gasteiger partial charge in [-0.2, -0.15) is 0 Å². The van der Waals surface area contributed by atoms with Crippen molar-refractivity contribution in [3.05, 3.63) is 71.6 Å². The van der Waals surface area contributed by atoms with Gasteiger partial charge < -0.3 is 9.88 Å². The number of rotatable bonds is 3. The molecule has 1 amide bonds. The summed E-state index contributed by atoms with van der Waals surface area (Å²) in [7, 11) is 0. The van der Waals surface area contributed by atoms with Crippen LogP contribution in [-0.4, -0.2) is 48.8 Å². The average Bonchev–Trinajstić information content (AvgIpc) is 3.24. The molecule has 1 atom stereocenters. The number of fused-ring (bicyclic) bond motifs is 1. The number of hydrogen-bond donors (Lipinski definition) is 1. The van der Waals surface area contributed by atoms with E-state index in [0.717, 1.165) is 53.2 Å². The molecular weight excluding hydrogens is 388 g/mol. The van der Waals surface area contributed by atoms with E-state index >= 15 is 0 Å². The summed E-state index contributed by atoms with van der Waals surface area (Å²) >= 11 is 0. The van der Waals surface area contributed by atoms with Gasteiger partial charge in [0.2, 0.25) is 0 Å². The zero-order valence-electron chi connectivity index (χ0n) is 17.7. The molecule has 1 N–H and O–H groups in total. The van der Waals surface area contributed by atoms with Gasteiger partial charge in [-0.15, -0.1) is 0 Å². The normalized spacial score (nSPS) is 16.6. The summed E-state index contributed by atoms with van der Waals surface area (Å²) in [6.07, 6.45) is 5.41. The number of H-pyrrole nitrogens is 1. The molecule has 0 unspecified atom stereocenters. The third kappa shape index (κ3) is 3.91. The van der Waals surface area contributed by atoms with Crippen molar-refractivity contribution in [2.24, 2.45) is 0 Å². The van der Waals surface area contributed by atoms with Crippen molar-refractivity contribution in [2.45, 2.75) is 32.6 Å². The van der Waals surface area contributed by atoms with E-state index in [-0.39, 0.29) is 11.8 Å². The van der Waals surface area contributed by atoms with E-state index in [1.54, 1.807) is 12.4 Å². The molecule has 1 aromatic carbocycles. The average molecular weight is 412 g/mol. The summed E-state index contributed by atoms with van der Waals surface area (Å²) in [5, 5.41) is 0.978. The Morgan fingerprint density at radius 2 is 1.97 bits per heavy atom. The third-order valence-corrected chi connectivity index (χ3v) is 5.77. The number of amides is 1. The maximum Gasteiger partial charge on any atom is 0.255 e. The number of aromatic nitrogens is 5. The van der Waals surface area contributed by atoms with Gasteiger partial charge in [0, 0.05) is 48.2 Å². The number of piperidine rings is 1. The molecule has 3 aromatic heterocycles. The Balaban J connectivity index is 1.40. The molecule has 0 saturated carbocycles. The molecule has 0 aliphatic carbocycles. The number of aryl methyl sites for hydroxylation is 2. The molecule has 31 heavy (non-hydrogen) atoms. The summed E-state index contributed by atoms with van der Waals surface area (Å²) in [4.78, 5) is 36.5. The molecule has 156 valence electrons. The molecule has 1 saturated heterocycles. The minimum Gasteiger partial charge on any atom is -0.341 e. The van der Waals surface area contributed by atoms with Crippen molar-refractivity contribution in [3.63, 3.8) is 0 Å². The van der Waals surface area contributed by atoms with Gasteiger partial charge in [0.25, 0.3) is 5.91 Å². The SMILES string of the molecule is Cc1nc(-c2ncc(C)[nH]2)cc([C@H]2CCCN(C(=O)c3cnc4ccccc4c3)C2)n1. The minimum absolute atomic E-state index is 0.0237. The van der Waals surface area contributed by atoms with Crippen LogP contribution in [0.1, 0.15) is 46.3 Å². The van der Waals surface area contributed by atoms with Gasteiger partial charge in [-0.05, 0) is 44.9 Å². The molecule has 1 fully saturated rings. The summed E-state index contributed by atoms with van der Waals surface area (Å²) in [6, 6.07) is 11.8. The van der Waals surface area contributed by atoms with Crippen LogP contribution in [0, 0.1) is 13.8 Å². The van der Waals surface area contributed by atoms with Gasteiger partial charge in [0.1, 0.15) is 11.5 Å². The third-order valence-electron chi connectivity index (χ3n) is 5.77. The van der Waals surface area contributed by atoms with Crippen molar-refractivity contribution in [3.8, 4) is 11.5 Å². The van der Waals surface area contributed by atoms with Crippen molar-refractivity contribution in [1.29, 1.82) is 0 Å². The monoisotopic (exact) mass is 412 g/mol. The number of likely N-dealkylation sites (tertiary alicyclic amines) is 1. The van der Waals surface area contributed by atoms with Crippen molar-refractivity contribution in [1.82, 2.24) is 29.8 Å². The highest BCUT2D eigenvalue weighted by atomic mass is 16.2. The van der Waals surface area contributed by atoms with Crippen LogP contribution in [0.15, 0.2) is 48.8 Å². The number of pyridine rings is 1. The predicted molar refractivity (Wildman–Crippen MR) is 119 cm³/mol. The standard InChI is InChI=1S/C24H24N6O/c1-15-12-26-23(27-15)22-11-21(28-16(2)29-22)18-7-5-9-30(14-18)24(31)19-10-17-6-3-4-8-20(17)25-13-19/h3-4,6,8,10-13,18H,5,7,9,14H2,1-2H3,(H,26,27)/t18-/m0/s1. The molecule has 0 spiro atoms. The first-order valence-electron chi connectivity index (χ1n) is 10.6. The Kier molecular flexibility index (Phi) is 4.94. The Bertz CT molecular complexity index is 1260. The lowest BCUT2D eigenvalue weighted by Gasteiger charge is -2.32. The number of carbonyl (C=O) groups excluding carboxylic acids is 1. The van der Waals surface area contributed by atoms with E-state index in [1.165, 1.54) is 0 Å². The number of hydrogen-bond acceptors (Lipinski definition) is 5. The number of benzene rings is 1. The topological polar surface area (TPSA) is 87.7 Å². The van der Waals surface area contributed by atoms with E-state index < -0.39 is 0 Å². The zero-order valence-corrected chi connectivity index (χ0v) is 17.7. The van der Waals surface area contributed by atoms with E-state index in [0.29, 0.717) is 17.9 Å². The molecule has 0 radical (unpaired) electrons. The maximum absolute atomic E-state index is 13.2. The van der Waals surface area contributed by atoms with Gasteiger partial charge >= 0.3 is 0 Å². The van der Waals surface area contributed by atoms with Gasteiger partial charge in [-0.3, -0.25) is 9.78 Å². The maximum atomic E-state index is 13.2. The molecule has 4 aromatic rings. The van der Waals surface area contributed by atoms with Gasteiger partial charge in [-0.1, -0.05) is 18.2 Å². The molecule has 7 nitrogen and oxygen atoms in total. The molecule has 5 rings (SSSR count). The van der Waals surface area contributed by atoms with Crippen molar-refractivity contribution < 1.29 is 4.79 Å².